The minimum Gasteiger partial charge on any atom is -0.365 e. The number of hydrogen-bond donors (Lipinski definition) is 0. The fourth-order valence-corrected chi connectivity index (χ4v) is 3.29. The molecule has 0 atom stereocenters. The van der Waals surface area contributed by atoms with Crippen LogP contribution < -0.4 is 0 Å². The van der Waals surface area contributed by atoms with Gasteiger partial charge in [-0.2, -0.15) is 10.5 Å². The summed E-state index contributed by atoms with van der Waals surface area (Å²) in [5.41, 5.74) is 1.26. The van der Waals surface area contributed by atoms with Crippen LogP contribution in [0.5, 0.6) is 0 Å². The summed E-state index contributed by atoms with van der Waals surface area (Å²) in [5.74, 6) is 0. The van der Waals surface area contributed by atoms with Crippen LogP contribution in [0, 0.1) is 32.8 Å². The van der Waals surface area contributed by atoms with E-state index in [1.165, 1.54) is 17.8 Å². The van der Waals surface area contributed by atoms with Crippen LogP contribution in [0.4, 0.5) is 5.69 Å². The van der Waals surface area contributed by atoms with Gasteiger partial charge in [0.15, 0.2) is 0 Å². The van der Waals surface area contributed by atoms with E-state index in [1.807, 2.05) is 60.7 Å². The summed E-state index contributed by atoms with van der Waals surface area (Å²) in [4.78, 5) is 12.9. The van der Waals surface area contributed by atoms with E-state index in [2.05, 4.69) is 0 Å². The van der Waals surface area contributed by atoms with Crippen molar-refractivity contribution in [3.05, 3.63) is 92.5 Å². The maximum absolute atomic E-state index is 11.4. The fourth-order valence-electron chi connectivity index (χ4n) is 2.67. The minimum absolute atomic E-state index is 0.150. The number of nitrogens with zero attached hydrogens (tertiary/aromatic N) is 4. The summed E-state index contributed by atoms with van der Waals surface area (Å²) in [7, 11) is 1.89. The molecule has 0 radical (unpaired) electrons. The van der Waals surface area contributed by atoms with Crippen molar-refractivity contribution in [1.29, 1.82) is 10.5 Å². The second-order valence-corrected chi connectivity index (χ2v) is 6.64. The van der Waals surface area contributed by atoms with E-state index >= 15 is 0 Å². The van der Waals surface area contributed by atoms with Crippen molar-refractivity contribution >= 4 is 23.0 Å². The van der Waals surface area contributed by atoms with Gasteiger partial charge in [-0.3, -0.25) is 10.1 Å². The van der Waals surface area contributed by atoms with Crippen molar-refractivity contribution in [1.82, 2.24) is 4.90 Å². The molecule has 0 aliphatic rings. The average molecular weight is 390 g/mol. The number of benzene rings is 2. The normalized spacial score (nSPS) is 10.5. The Kier molecular flexibility index (Phi) is 7.38. The van der Waals surface area contributed by atoms with Crippen molar-refractivity contribution < 1.29 is 4.92 Å². The molecule has 2 aromatic carbocycles. The molecule has 0 spiro atoms. The summed E-state index contributed by atoms with van der Waals surface area (Å²) < 4.78 is 0. The topological polar surface area (TPSA) is 94.0 Å². The fraction of sp³-hybridized carbons (Fsp3) is 0.143. The van der Waals surface area contributed by atoms with E-state index in [-0.39, 0.29) is 22.4 Å². The number of nitriles is 2. The Labute approximate surface area is 168 Å². The lowest BCUT2D eigenvalue weighted by Gasteiger charge is -2.22. The first-order valence-electron chi connectivity index (χ1n) is 8.30. The van der Waals surface area contributed by atoms with Crippen LogP contribution in [0.2, 0.25) is 0 Å². The monoisotopic (exact) mass is 390 g/mol. The van der Waals surface area contributed by atoms with Crippen molar-refractivity contribution in [2.24, 2.45) is 0 Å². The standard InChI is InChI=1S/C21H18N4O2S/c1-24(15-16-8-4-3-5-9-16)21(28-2)12-19(17(13-22)14-23)18-10-6-7-11-20(18)25(26)27/h3-12H,15H2,1-2H3/b21-12+. The van der Waals surface area contributed by atoms with Gasteiger partial charge in [-0.25, -0.2) is 0 Å². The molecule has 0 aromatic heterocycles. The Balaban J connectivity index is 2.56. The van der Waals surface area contributed by atoms with E-state index in [9.17, 15) is 20.6 Å². The second kappa shape index (κ2) is 9.96. The minimum atomic E-state index is -0.512. The van der Waals surface area contributed by atoms with Crippen molar-refractivity contribution in [3.63, 3.8) is 0 Å². The van der Waals surface area contributed by atoms with Gasteiger partial charge in [0.2, 0.25) is 0 Å². The molecule has 0 aliphatic carbocycles. The first-order valence-corrected chi connectivity index (χ1v) is 9.53. The predicted molar refractivity (Wildman–Crippen MR) is 111 cm³/mol. The van der Waals surface area contributed by atoms with E-state index in [0.29, 0.717) is 6.54 Å². The van der Waals surface area contributed by atoms with E-state index in [1.54, 1.807) is 24.3 Å². The number of nitro groups is 1. The highest BCUT2D eigenvalue weighted by atomic mass is 32.2. The van der Waals surface area contributed by atoms with Crippen LogP contribution in [0.25, 0.3) is 5.57 Å². The lowest BCUT2D eigenvalue weighted by atomic mass is 9.99. The Morgan fingerprint density at radius 3 is 2.32 bits per heavy atom. The molecular weight excluding hydrogens is 372 g/mol. The highest BCUT2D eigenvalue weighted by Crippen LogP contribution is 2.32. The number of rotatable bonds is 7. The molecule has 0 saturated heterocycles. The first kappa shape index (κ1) is 20.8. The Morgan fingerprint density at radius 1 is 1.14 bits per heavy atom. The second-order valence-electron chi connectivity index (χ2n) is 5.81. The zero-order chi connectivity index (χ0) is 20.5. The molecule has 0 aliphatic heterocycles. The van der Waals surface area contributed by atoms with Gasteiger partial charge in [0.1, 0.15) is 17.7 Å². The molecule has 2 aromatic rings. The first-order chi connectivity index (χ1) is 13.5. The van der Waals surface area contributed by atoms with Gasteiger partial charge in [0.05, 0.1) is 15.5 Å². The Hall–Kier alpha value is -3.55. The van der Waals surface area contributed by atoms with Crippen LogP contribution in [-0.4, -0.2) is 23.1 Å². The molecule has 0 fully saturated rings. The number of allylic oxidation sites excluding steroid dienone is 3. The summed E-state index contributed by atoms with van der Waals surface area (Å²) in [6.45, 7) is 0.617. The largest absolute Gasteiger partial charge is 0.365 e. The van der Waals surface area contributed by atoms with Crippen LogP contribution in [-0.2, 0) is 6.54 Å². The van der Waals surface area contributed by atoms with Crippen LogP contribution in [0.15, 0.2) is 71.3 Å². The highest BCUT2D eigenvalue weighted by molar-refractivity contribution is 8.02. The highest BCUT2D eigenvalue weighted by Gasteiger charge is 2.20. The smallest absolute Gasteiger partial charge is 0.277 e. The number of nitro benzene ring substituents is 1. The molecule has 0 unspecified atom stereocenters. The third kappa shape index (κ3) is 5.00. The van der Waals surface area contributed by atoms with Crippen LogP contribution in [0.3, 0.4) is 0 Å². The summed E-state index contributed by atoms with van der Waals surface area (Å²) in [6.07, 6.45) is 3.54. The van der Waals surface area contributed by atoms with Gasteiger partial charge in [0, 0.05) is 25.2 Å². The molecule has 0 bridgehead atoms. The molecule has 2 rings (SSSR count). The molecule has 0 amide bonds. The van der Waals surface area contributed by atoms with E-state index in [4.69, 9.17) is 0 Å². The lowest BCUT2D eigenvalue weighted by Crippen LogP contribution is -2.15. The van der Waals surface area contributed by atoms with Crippen molar-refractivity contribution in [2.45, 2.75) is 6.54 Å². The van der Waals surface area contributed by atoms with Gasteiger partial charge in [-0.1, -0.05) is 42.5 Å². The SMILES string of the molecule is CS/C(=C/C(=C(C#N)C#N)c1ccccc1[N+](=O)[O-])N(C)Cc1ccccc1. The quantitative estimate of drug-likeness (QED) is 0.293. The van der Waals surface area contributed by atoms with E-state index < -0.39 is 4.92 Å². The third-order valence-electron chi connectivity index (χ3n) is 4.00. The summed E-state index contributed by atoms with van der Waals surface area (Å²) in [5, 5.41) is 31.0. The van der Waals surface area contributed by atoms with Crippen LogP contribution in [0.1, 0.15) is 11.1 Å². The molecular formula is C21H18N4O2S. The predicted octanol–water partition coefficient (Wildman–Crippen LogP) is 4.73. The molecule has 0 N–H and O–H groups in total. The number of thioether (sulfide) groups is 1. The third-order valence-corrected chi connectivity index (χ3v) is 4.85. The molecule has 6 nitrogen and oxygen atoms in total. The van der Waals surface area contributed by atoms with Gasteiger partial charge in [0.25, 0.3) is 5.69 Å². The van der Waals surface area contributed by atoms with Crippen LogP contribution >= 0.6 is 11.8 Å². The lowest BCUT2D eigenvalue weighted by molar-refractivity contribution is -0.385. The zero-order valence-electron chi connectivity index (χ0n) is 15.5. The molecule has 0 saturated carbocycles. The zero-order valence-corrected chi connectivity index (χ0v) is 16.3. The average Bonchev–Trinajstić information content (AvgIpc) is 2.71. The van der Waals surface area contributed by atoms with Crippen molar-refractivity contribution in [3.8, 4) is 12.1 Å². The van der Waals surface area contributed by atoms with Gasteiger partial charge in [-0.05, 0) is 24.0 Å². The number of hydrogen-bond acceptors (Lipinski definition) is 6. The van der Waals surface area contributed by atoms with Gasteiger partial charge in [-0.15, -0.1) is 11.8 Å². The Morgan fingerprint density at radius 2 is 1.75 bits per heavy atom. The van der Waals surface area contributed by atoms with Gasteiger partial charge < -0.3 is 4.90 Å². The summed E-state index contributed by atoms with van der Waals surface area (Å²) in [6, 6.07) is 19.7. The van der Waals surface area contributed by atoms with E-state index in [0.717, 1.165) is 10.6 Å². The molecule has 140 valence electrons. The maximum Gasteiger partial charge on any atom is 0.277 e. The van der Waals surface area contributed by atoms with Crippen molar-refractivity contribution in [2.75, 3.05) is 13.3 Å². The maximum atomic E-state index is 11.4. The molecule has 7 heteroatoms. The van der Waals surface area contributed by atoms with Gasteiger partial charge >= 0.3 is 0 Å². The number of para-hydroxylation sites is 1. The Bertz CT molecular complexity index is 985. The summed E-state index contributed by atoms with van der Waals surface area (Å²) >= 11 is 1.44. The molecule has 28 heavy (non-hydrogen) atoms. The molecule has 0 heterocycles.